The van der Waals surface area contributed by atoms with Gasteiger partial charge < -0.3 is 14.2 Å². The van der Waals surface area contributed by atoms with E-state index in [0.29, 0.717) is 19.3 Å². The zero-order valence-electron chi connectivity index (χ0n) is 43.4. The average Bonchev–Trinajstić information content (AvgIpc) is 3.33. The van der Waals surface area contributed by atoms with Crippen molar-refractivity contribution in [1.82, 2.24) is 0 Å². The number of ether oxygens (including phenoxy) is 3. The summed E-state index contributed by atoms with van der Waals surface area (Å²) in [7, 11) is 0. The van der Waals surface area contributed by atoms with Crippen LogP contribution < -0.4 is 0 Å². The van der Waals surface area contributed by atoms with Gasteiger partial charge in [-0.05, 0) is 116 Å². The van der Waals surface area contributed by atoms with E-state index >= 15 is 0 Å². The molecule has 6 nitrogen and oxygen atoms in total. The second-order valence-electron chi connectivity index (χ2n) is 17.8. The van der Waals surface area contributed by atoms with Crippen LogP contribution in [-0.2, 0) is 28.6 Å². The molecular weight excluding hydrogens is 829 g/mol. The number of unbranched alkanes of at least 4 members (excludes halogenated alkanes) is 20. The van der Waals surface area contributed by atoms with Gasteiger partial charge in [0.25, 0.3) is 0 Å². The van der Waals surface area contributed by atoms with Crippen LogP contribution in [0.4, 0.5) is 0 Å². The summed E-state index contributed by atoms with van der Waals surface area (Å²) in [6.45, 7) is 6.35. The number of hydrogen-bond acceptors (Lipinski definition) is 6. The van der Waals surface area contributed by atoms with Crippen molar-refractivity contribution < 1.29 is 28.6 Å². The van der Waals surface area contributed by atoms with Crippen molar-refractivity contribution in [3.05, 3.63) is 109 Å². The van der Waals surface area contributed by atoms with Crippen molar-refractivity contribution in [2.24, 2.45) is 0 Å². The molecule has 380 valence electrons. The van der Waals surface area contributed by atoms with Crippen LogP contribution in [0, 0.1) is 0 Å². The Bertz CT molecular complexity index is 1390. The molecule has 0 bridgehead atoms. The summed E-state index contributed by atoms with van der Waals surface area (Å²) in [6.07, 6.45) is 73.6. The van der Waals surface area contributed by atoms with E-state index in [9.17, 15) is 14.4 Å². The van der Waals surface area contributed by atoms with Gasteiger partial charge in [-0.25, -0.2) is 0 Å². The van der Waals surface area contributed by atoms with Gasteiger partial charge in [-0.15, -0.1) is 0 Å². The molecule has 0 amide bonds. The third kappa shape index (κ3) is 52.9. The van der Waals surface area contributed by atoms with Gasteiger partial charge in [0.05, 0.1) is 0 Å². The van der Waals surface area contributed by atoms with E-state index in [1.165, 1.54) is 51.4 Å². The van der Waals surface area contributed by atoms with Crippen LogP contribution in [-0.4, -0.2) is 37.2 Å². The maximum atomic E-state index is 12.8. The summed E-state index contributed by atoms with van der Waals surface area (Å²) < 4.78 is 16.8. The first-order chi connectivity index (χ1) is 33.0. The van der Waals surface area contributed by atoms with Gasteiger partial charge in [-0.1, -0.05) is 214 Å². The average molecular weight is 929 g/mol. The van der Waals surface area contributed by atoms with Crippen LogP contribution in [0.1, 0.15) is 239 Å². The molecule has 0 aliphatic rings. The highest BCUT2D eigenvalue weighted by Crippen LogP contribution is 2.13. The van der Waals surface area contributed by atoms with Gasteiger partial charge in [0.2, 0.25) is 0 Å². The standard InChI is InChI=1S/C61H100O6/c1-4-7-10-13-16-19-22-25-27-29-31-33-34-36-39-42-45-48-51-54-60(63)66-57-58(56-65-59(62)53-50-47-44-41-38-24-21-18-15-12-9-6-3)67-61(64)55-52-49-46-43-40-37-35-32-30-28-26-23-20-17-14-11-8-5-2/h7,9-10,12,16,18-19,21,25,27-28,30-33,35-36,39,58H,4-6,8,11,13-15,17,20,22-24,26,29,34,37-38,40-57H2,1-3H3/b10-7-,12-9-,19-16-,21-18-,27-25-,30-28-,33-31-,35-32-,39-36-. The molecule has 0 aromatic carbocycles. The van der Waals surface area contributed by atoms with Crippen LogP contribution in [0.5, 0.6) is 0 Å². The van der Waals surface area contributed by atoms with E-state index in [2.05, 4.69) is 130 Å². The first-order valence-electron chi connectivity index (χ1n) is 27.4. The van der Waals surface area contributed by atoms with E-state index in [0.717, 1.165) is 148 Å². The maximum Gasteiger partial charge on any atom is 0.306 e. The first-order valence-corrected chi connectivity index (χ1v) is 27.4. The molecule has 6 heteroatoms. The summed E-state index contributed by atoms with van der Waals surface area (Å²) >= 11 is 0. The topological polar surface area (TPSA) is 78.9 Å². The largest absolute Gasteiger partial charge is 0.462 e. The van der Waals surface area contributed by atoms with Gasteiger partial charge in [0.1, 0.15) is 13.2 Å². The predicted molar refractivity (Wildman–Crippen MR) is 288 cm³/mol. The van der Waals surface area contributed by atoms with Gasteiger partial charge in [-0.2, -0.15) is 0 Å². The molecule has 0 aromatic rings. The number of hydrogen-bond donors (Lipinski definition) is 0. The van der Waals surface area contributed by atoms with Crippen LogP contribution >= 0.6 is 0 Å². The summed E-state index contributed by atoms with van der Waals surface area (Å²) in [5.74, 6) is -0.969. The van der Waals surface area contributed by atoms with Gasteiger partial charge in [-0.3, -0.25) is 14.4 Å². The van der Waals surface area contributed by atoms with Crippen LogP contribution in [0.3, 0.4) is 0 Å². The summed E-state index contributed by atoms with van der Waals surface area (Å²) in [5.41, 5.74) is 0. The van der Waals surface area contributed by atoms with Crippen molar-refractivity contribution in [3.8, 4) is 0 Å². The fourth-order valence-corrected chi connectivity index (χ4v) is 7.20. The lowest BCUT2D eigenvalue weighted by atomic mass is 10.1. The minimum atomic E-state index is -0.808. The van der Waals surface area contributed by atoms with E-state index in [-0.39, 0.29) is 31.1 Å². The molecule has 0 rings (SSSR count). The molecule has 0 aromatic heterocycles. The molecule has 0 aliphatic heterocycles. The lowest BCUT2D eigenvalue weighted by Gasteiger charge is -2.18. The summed E-state index contributed by atoms with van der Waals surface area (Å²) in [5, 5.41) is 0. The molecule has 0 radical (unpaired) electrons. The van der Waals surface area contributed by atoms with Gasteiger partial charge in [0.15, 0.2) is 6.10 Å². The Kier molecular flexibility index (Phi) is 51.5. The summed E-state index contributed by atoms with van der Waals surface area (Å²) in [4.78, 5) is 38.1. The molecular formula is C61H100O6. The minimum Gasteiger partial charge on any atom is -0.462 e. The third-order valence-electron chi connectivity index (χ3n) is 11.3. The van der Waals surface area contributed by atoms with Crippen molar-refractivity contribution in [3.63, 3.8) is 0 Å². The molecule has 0 N–H and O–H groups in total. The molecule has 0 aliphatic carbocycles. The Morgan fingerprint density at radius 2 is 0.627 bits per heavy atom. The number of esters is 3. The third-order valence-corrected chi connectivity index (χ3v) is 11.3. The van der Waals surface area contributed by atoms with Crippen molar-refractivity contribution in [2.45, 2.75) is 245 Å². The highest BCUT2D eigenvalue weighted by Gasteiger charge is 2.19. The molecule has 1 unspecified atom stereocenters. The predicted octanol–water partition coefficient (Wildman–Crippen LogP) is 18.3. The number of allylic oxidation sites excluding steroid dienone is 18. The molecule has 0 fully saturated rings. The van der Waals surface area contributed by atoms with E-state index in [1.54, 1.807) is 0 Å². The lowest BCUT2D eigenvalue weighted by molar-refractivity contribution is -0.167. The molecule has 0 saturated carbocycles. The quantitative estimate of drug-likeness (QED) is 0.0199. The Hall–Kier alpha value is -3.93. The second kappa shape index (κ2) is 54.7. The SMILES string of the molecule is CC/C=C\C/C=C\C/C=C\C/C=C\C/C=C\CCCCCC(=O)OCC(COC(=O)CCCCCCC/C=C\C/C=C\CC)OC(=O)CCCCCCC/C=C\C=C/CCCCCCCCC. The Labute approximate surface area is 412 Å². The highest BCUT2D eigenvalue weighted by molar-refractivity contribution is 5.71. The van der Waals surface area contributed by atoms with Gasteiger partial charge >= 0.3 is 17.9 Å². The molecule has 0 spiro atoms. The molecule has 0 heterocycles. The molecule has 0 saturated heterocycles. The minimum absolute atomic E-state index is 0.104. The normalized spacial score (nSPS) is 12.9. The Morgan fingerprint density at radius 1 is 0.328 bits per heavy atom. The van der Waals surface area contributed by atoms with Crippen molar-refractivity contribution >= 4 is 17.9 Å². The van der Waals surface area contributed by atoms with Crippen LogP contribution in [0.2, 0.25) is 0 Å². The second-order valence-corrected chi connectivity index (χ2v) is 17.8. The zero-order valence-corrected chi connectivity index (χ0v) is 43.4. The van der Waals surface area contributed by atoms with E-state index in [1.807, 2.05) is 0 Å². The van der Waals surface area contributed by atoms with Crippen LogP contribution in [0.25, 0.3) is 0 Å². The van der Waals surface area contributed by atoms with Gasteiger partial charge in [0, 0.05) is 19.3 Å². The number of carbonyl (C=O) groups excluding carboxylic acids is 3. The first kappa shape index (κ1) is 63.1. The fraction of sp³-hybridized carbons (Fsp3) is 0.656. The highest BCUT2D eigenvalue weighted by atomic mass is 16.6. The smallest absolute Gasteiger partial charge is 0.306 e. The zero-order chi connectivity index (χ0) is 48.6. The van der Waals surface area contributed by atoms with Crippen molar-refractivity contribution in [2.75, 3.05) is 13.2 Å². The summed E-state index contributed by atoms with van der Waals surface area (Å²) in [6, 6.07) is 0. The van der Waals surface area contributed by atoms with Crippen molar-refractivity contribution in [1.29, 1.82) is 0 Å². The Balaban J connectivity index is 4.48. The van der Waals surface area contributed by atoms with Crippen LogP contribution in [0.15, 0.2) is 109 Å². The number of rotatable bonds is 48. The Morgan fingerprint density at radius 3 is 1.01 bits per heavy atom. The maximum absolute atomic E-state index is 12.8. The van der Waals surface area contributed by atoms with E-state index < -0.39 is 6.10 Å². The molecule has 1 atom stereocenters. The fourth-order valence-electron chi connectivity index (χ4n) is 7.20. The molecule has 67 heavy (non-hydrogen) atoms. The number of carbonyl (C=O) groups is 3. The monoisotopic (exact) mass is 929 g/mol. The lowest BCUT2D eigenvalue weighted by Crippen LogP contribution is -2.30. The van der Waals surface area contributed by atoms with E-state index in [4.69, 9.17) is 14.2 Å².